The minimum Gasteiger partial charge on any atom is -0.484 e. The molecule has 8 nitrogen and oxygen atoms in total. The number of fused-ring (bicyclic) bond motifs is 1. The molecule has 0 bridgehead atoms. The molecule has 10 heteroatoms. The Morgan fingerprint density at radius 3 is 2.66 bits per heavy atom. The third kappa shape index (κ3) is 5.39. The van der Waals surface area contributed by atoms with E-state index in [1.54, 1.807) is 17.0 Å². The minimum atomic E-state index is -0.359. The summed E-state index contributed by atoms with van der Waals surface area (Å²) in [5.74, 6) is 0.286. The van der Waals surface area contributed by atoms with E-state index in [4.69, 9.17) is 4.74 Å². The van der Waals surface area contributed by atoms with Gasteiger partial charge < -0.3 is 9.64 Å². The molecule has 35 heavy (non-hydrogen) atoms. The predicted molar refractivity (Wildman–Crippen MR) is 131 cm³/mol. The molecule has 1 saturated heterocycles. The van der Waals surface area contributed by atoms with Crippen molar-refractivity contribution in [3.05, 3.63) is 82.0 Å². The zero-order chi connectivity index (χ0) is 24.4. The SMILES string of the molecule is Cc1cccc(OCC(=O)N2CCN(Cc3cc(=O)n4nc(-c5cccc(F)c5)sc4n3)CC2)c1. The number of aromatic nitrogens is 3. The average molecular weight is 494 g/mol. The van der Waals surface area contributed by atoms with Crippen LogP contribution in [-0.2, 0) is 11.3 Å². The van der Waals surface area contributed by atoms with Crippen molar-refractivity contribution in [2.45, 2.75) is 13.5 Å². The van der Waals surface area contributed by atoms with Crippen molar-refractivity contribution in [2.75, 3.05) is 32.8 Å². The van der Waals surface area contributed by atoms with E-state index in [0.717, 1.165) is 5.56 Å². The maximum absolute atomic E-state index is 13.6. The van der Waals surface area contributed by atoms with E-state index in [1.807, 2.05) is 31.2 Å². The topological polar surface area (TPSA) is 80.0 Å². The summed E-state index contributed by atoms with van der Waals surface area (Å²) >= 11 is 1.25. The number of benzene rings is 2. The van der Waals surface area contributed by atoms with Crippen molar-refractivity contribution >= 4 is 22.2 Å². The molecular formula is C25H24FN5O3S. The number of hydrogen-bond donors (Lipinski definition) is 0. The lowest BCUT2D eigenvalue weighted by Gasteiger charge is -2.34. The lowest BCUT2D eigenvalue weighted by Crippen LogP contribution is -2.49. The van der Waals surface area contributed by atoms with Crippen LogP contribution in [0.3, 0.4) is 0 Å². The fourth-order valence-corrected chi connectivity index (χ4v) is 4.92. The maximum Gasteiger partial charge on any atom is 0.275 e. The van der Waals surface area contributed by atoms with Crippen LogP contribution < -0.4 is 10.3 Å². The van der Waals surface area contributed by atoms with Gasteiger partial charge in [0.25, 0.3) is 11.5 Å². The standard InChI is InChI=1S/C25H24FN5O3S/c1-17-4-2-7-21(12-17)34-16-23(33)30-10-8-29(9-11-30)15-20-14-22(32)31-25(27-20)35-24(28-31)18-5-3-6-19(26)13-18/h2-7,12-14H,8-11,15-16H2,1H3. The largest absolute Gasteiger partial charge is 0.484 e. The number of aryl methyl sites for hydroxylation is 1. The summed E-state index contributed by atoms with van der Waals surface area (Å²) in [6.45, 7) is 5.01. The molecule has 0 saturated carbocycles. The molecule has 2 aromatic carbocycles. The Bertz CT molecular complexity index is 1430. The van der Waals surface area contributed by atoms with Crippen LogP contribution in [0.4, 0.5) is 4.39 Å². The van der Waals surface area contributed by atoms with Crippen LogP contribution in [0.25, 0.3) is 15.5 Å². The van der Waals surface area contributed by atoms with Crippen molar-refractivity contribution in [2.24, 2.45) is 0 Å². The van der Waals surface area contributed by atoms with Gasteiger partial charge in [-0.15, -0.1) is 0 Å². The van der Waals surface area contributed by atoms with E-state index in [-0.39, 0.29) is 23.9 Å². The van der Waals surface area contributed by atoms with Gasteiger partial charge in [-0.05, 0) is 36.8 Å². The Morgan fingerprint density at radius 2 is 1.89 bits per heavy atom. The maximum atomic E-state index is 13.6. The first-order chi connectivity index (χ1) is 16.9. The van der Waals surface area contributed by atoms with Crippen molar-refractivity contribution in [1.82, 2.24) is 24.4 Å². The average Bonchev–Trinajstić information content (AvgIpc) is 3.28. The first-order valence-corrected chi connectivity index (χ1v) is 12.1. The van der Waals surface area contributed by atoms with E-state index >= 15 is 0 Å². The number of nitrogens with zero attached hydrogens (tertiary/aromatic N) is 5. The number of hydrogen-bond acceptors (Lipinski definition) is 7. The van der Waals surface area contributed by atoms with Crippen LogP contribution in [-0.4, -0.2) is 63.1 Å². The van der Waals surface area contributed by atoms with Gasteiger partial charge in [0.2, 0.25) is 4.96 Å². The Balaban J connectivity index is 1.19. The molecule has 4 aromatic rings. The van der Waals surface area contributed by atoms with Crippen LogP contribution in [0, 0.1) is 12.7 Å². The van der Waals surface area contributed by atoms with Crippen LogP contribution in [0.15, 0.2) is 59.4 Å². The quantitative estimate of drug-likeness (QED) is 0.411. The molecule has 0 aliphatic carbocycles. The van der Waals surface area contributed by atoms with E-state index in [1.165, 1.54) is 34.1 Å². The van der Waals surface area contributed by atoms with Gasteiger partial charge in [0.05, 0.1) is 5.69 Å². The fourth-order valence-electron chi connectivity index (χ4n) is 4.00. The molecule has 1 aliphatic heterocycles. The molecule has 3 heterocycles. The smallest absolute Gasteiger partial charge is 0.275 e. The summed E-state index contributed by atoms with van der Waals surface area (Å²) in [6.07, 6.45) is 0. The molecule has 1 amide bonds. The summed E-state index contributed by atoms with van der Waals surface area (Å²) in [7, 11) is 0. The normalized spacial score (nSPS) is 14.4. The van der Waals surface area contributed by atoms with Crippen molar-refractivity contribution in [3.8, 4) is 16.3 Å². The highest BCUT2D eigenvalue weighted by Gasteiger charge is 2.22. The second-order valence-electron chi connectivity index (χ2n) is 8.46. The van der Waals surface area contributed by atoms with E-state index in [2.05, 4.69) is 15.0 Å². The second-order valence-corrected chi connectivity index (χ2v) is 9.42. The first-order valence-electron chi connectivity index (χ1n) is 11.3. The summed E-state index contributed by atoms with van der Waals surface area (Å²) in [5, 5.41) is 4.84. The van der Waals surface area contributed by atoms with Crippen LogP contribution in [0.1, 0.15) is 11.3 Å². The molecule has 0 N–H and O–H groups in total. The lowest BCUT2D eigenvalue weighted by molar-refractivity contribution is -0.135. The van der Waals surface area contributed by atoms with Gasteiger partial charge in [0, 0.05) is 44.4 Å². The highest BCUT2D eigenvalue weighted by atomic mass is 32.1. The predicted octanol–water partition coefficient (Wildman–Crippen LogP) is 2.99. The Morgan fingerprint density at radius 1 is 1.09 bits per heavy atom. The molecule has 5 rings (SSSR count). The van der Waals surface area contributed by atoms with Crippen molar-refractivity contribution in [3.63, 3.8) is 0 Å². The molecule has 0 unspecified atom stereocenters. The highest BCUT2D eigenvalue weighted by Crippen LogP contribution is 2.25. The van der Waals surface area contributed by atoms with Crippen LogP contribution in [0.5, 0.6) is 5.75 Å². The molecule has 0 spiro atoms. The van der Waals surface area contributed by atoms with Gasteiger partial charge in [-0.1, -0.05) is 35.6 Å². The molecule has 2 aromatic heterocycles. The van der Waals surface area contributed by atoms with E-state index in [0.29, 0.717) is 59.7 Å². The summed E-state index contributed by atoms with van der Waals surface area (Å²) in [4.78, 5) is 34.2. The van der Waals surface area contributed by atoms with Gasteiger partial charge in [0.15, 0.2) is 6.61 Å². The number of piperazine rings is 1. The summed E-state index contributed by atoms with van der Waals surface area (Å²) < 4.78 is 20.5. The zero-order valence-corrected chi connectivity index (χ0v) is 20.0. The monoisotopic (exact) mass is 493 g/mol. The van der Waals surface area contributed by atoms with Crippen LogP contribution in [0.2, 0.25) is 0 Å². The minimum absolute atomic E-state index is 0.0114. The van der Waals surface area contributed by atoms with E-state index < -0.39 is 0 Å². The number of carbonyl (C=O) groups is 1. The summed E-state index contributed by atoms with van der Waals surface area (Å²) in [5.41, 5.74) is 2.06. The summed E-state index contributed by atoms with van der Waals surface area (Å²) in [6, 6.07) is 15.2. The third-order valence-electron chi connectivity index (χ3n) is 5.83. The Labute approximate surface area is 205 Å². The Hall–Kier alpha value is -3.63. The van der Waals surface area contributed by atoms with Gasteiger partial charge in [-0.2, -0.15) is 9.61 Å². The van der Waals surface area contributed by atoms with Gasteiger partial charge in [0.1, 0.15) is 16.6 Å². The number of carbonyl (C=O) groups excluding carboxylic acids is 1. The lowest BCUT2D eigenvalue weighted by atomic mass is 10.2. The number of amides is 1. The molecule has 0 atom stereocenters. The van der Waals surface area contributed by atoms with Crippen molar-refractivity contribution < 1.29 is 13.9 Å². The Kier molecular flexibility index (Phi) is 6.56. The van der Waals surface area contributed by atoms with Crippen LogP contribution >= 0.6 is 11.3 Å². The molecule has 180 valence electrons. The highest BCUT2D eigenvalue weighted by molar-refractivity contribution is 7.19. The van der Waals surface area contributed by atoms with Crippen molar-refractivity contribution in [1.29, 1.82) is 0 Å². The van der Waals surface area contributed by atoms with Gasteiger partial charge in [-0.25, -0.2) is 9.37 Å². The third-order valence-corrected chi connectivity index (χ3v) is 6.79. The second kappa shape index (κ2) is 9.93. The van der Waals surface area contributed by atoms with Gasteiger partial charge in [-0.3, -0.25) is 14.5 Å². The first kappa shape index (κ1) is 23.1. The number of ether oxygens (including phenoxy) is 1. The molecule has 0 radical (unpaired) electrons. The van der Waals surface area contributed by atoms with E-state index in [9.17, 15) is 14.0 Å². The van der Waals surface area contributed by atoms with Gasteiger partial charge >= 0.3 is 0 Å². The molecule has 1 fully saturated rings. The molecular weight excluding hydrogens is 469 g/mol. The molecule has 1 aliphatic rings. The fraction of sp³-hybridized carbons (Fsp3) is 0.280. The number of halogens is 1. The number of rotatable bonds is 6. The zero-order valence-electron chi connectivity index (χ0n) is 19.2.